The van der Waals surface area contributed by atoms with Crippen LogP contribution in [0, 0.1) is 13.8 Å². The van der Waals surface area contributed by atoms with Crippen molar-refractivity contribution in [2.75, 3.05) is 5.32 Å². The second kappa shape index (κ2) is 4.56. The number of fused-ring (bicyclic) bond motifs is 1. The van der Waals surface area contributed by atoms with E-state index in [9.17, 15) is 14.7 Å². The molecule has 108 valence electrons. The monoisotopic (exact) mass is 285 g/mol. The van der Waals surface area contributed by atoms with Crippen molar-refractivity contribution < 1.29 is 19.1 Å². The highest BCUT2D eigenvalue weighted by Gasteiger charge is 2.48. The van der Waals surface area contributed by atoms with Gasteiger partial charge in [-0.15, -0.1) is 0 Å². The molecule has 2 aromatic rings. The van der Waals surface area contributed by atoms with Gasteiger partial charge in [-0.1, -0.05) is 6.07 Å². The number of hydrogen-bond donors (Lipinski definition) is 2. The normalized spacial score (nSPS) is 20.2. The highest BCUT2D eigenvalue weighted by atomic mass is 16.3. The van der Waals surface area contributed by atoms with Gasteiger partial charge in [0.25, 0.3) is 5.91 Å². The Balaban J connectivity index is 2.03. The molecule has 21 heavy (non-hydrogen) atoms. The van der Waals surface area contributed by atoms with Crippen LogP contribution in [0.1, 0.15) is 33.7 Å². The van der Waals surface area contributed by atoms with Crippen molar-refractivity contribution >= 4 is 17.4 Å². The number of benzene rings is 1. The molecule has 1 amide bonds. The third kappa shape index (κ3) is 2.06. The SMILES string of the molecule is Cc1cc(C)c2c(c1)NC(=O)C2(O)CC(=O)c1ccco1. The Morgan fingerprint density at radius 2 is 2.14 bits per heavy atom. The lowest BCUT2D eigenvalue weighted by Gasteiger charge is -2.21. The highest BCUT2D eigenvalue weighted by Crippen LogP contribution is 2.41. The van der Waals surface area contributed by atoms with E-state index in [0.29, 0.717) is 11.3 Å². The first-order chi connectivity index (χ1) is 9.91. The Bertz CT molecular complexity index is 733. The summed E-state index contributed by atoms with van der Waals surface area (Å²) in [6.45, 7) is 3.72. The average molecular weight is 285 g/mol. The van der Waals surface area contributed by atoms with E-state index in [1.54, 1.807) is 12.1 Å². The number of amides is 1. The van der Waals surface area contributed by atoms with Gasteiger partial charge in [-0.2, -0.15) is 0 Å². The van der Waals surface area contributed by atoms with Crippen molar-refractivity contribution in [2.24, 2.45) is 0 Å². The molecule has 0 radical (unpaired) electrons. The number of nitrogens with one attached hydrogen (secondary N) is 1. The highest BCUT2D eigenvalue weighted by molar-refractivity contribution is 6.09. The second-order valence-corrected chi connectivity index (χ2v) is 5.40. The minimum atomic E-state index is -1.85. The Morgan fingerprint density at radius 3 is 2.81 bits per heavy atom. The topological polar surface area (TPSA) is 79.5 Å². The molecule has 3 rings (SSSR count). The van der Waals surface area contributed by atoms with Crippen LogP contribution in [0.4, 0.5) is 5.69 Å². The molecule has 1 aliphatic heterocycles. The molecule has 1 aromatic carbocycles. The largest absolute Gasteiger partial charge is 0.461 e. The van der Waals surface area contributed by atoms with Gasteiger partial charge < -0.3 is 14.8 Å². The van der Waals surface area contributed by atoms with Crippen LogP contribution >= 0.6 is 0 Å². The summed E-state index contributed by atoms with van der Waals surface area (Å²) in [6.07, 6.45) is 1.04. The first-order valence-corrected chi connectivity index (χ1v) is 6.64. The first kappa shape index (κ1) is 13.6. The number of furan rings is 1. The fourth-order valence-corrected chi connectivity index (χ4v) is 2.88. The lowest BCUT2D eigenvalue weighted by atomic mass is 9.86. The average Bonchev–Trinajstić information content (AvgIpc) is 2.97. The van der Waals surface area contributed by atoms with E-state index in [4.69, 9.17) is 4.42 Å². The summed E-state index contributed by atoms with van der Waals surface area (Å²) >= 11 is 0. The Kier molecular flexibility index (Phi) is 2.95. The van der Waals surface area contributed by atoms with Gasteiger partial charge in [-0.25, -0.2) is 0 Å². The van der Waals surface area contributed by atoms with E-state index in [1.807, 2.05) is 19.9 Å². The van der Waals surface area contributed by atoms with E-state index in [0.717, 1.165) is 11.1 Å². The molecule has 0 saturated carbocycles. The Morgan fingerprint density at radius 1 is 1.38 bits per heavy atom. The zero-order valence-electron chi connectivity index (χ0n) is 11.8. The Labute approximate surface area is 121 Å². The van der Waals surface area contributed by atoms with Gasteiger partial charge in [0.1, 0.15) is 0 Å². The van der Waals surface area contributed by atoms with Crippen LogP contribution in [0.2, 0.25) is 0 Å². The predicted octanol–water partition coefficient (Wildman–Crippen LogP) is 2.31. The smallest absolute Gasteiger partial charge is 0.261 e. The molecule has 2 heterocycles. The van der Waals surface area contributed by atoms with Gasteiger partial charge in [0.05, 0.1) is 12.7 Å². The van der Waals surface area contributed by atoms with Gasteiger partial charge >= 0.3 is 0 Å². The number of carbonyl (C=O) groups is 2. The van der Waals surface area contributed by atoms with Crippen LogP contribution in [-0.2, 0) is 10.4 Å². The summed E-state index contributed by atoms with van der Waals surface area (Å²) in [5.74, 6) is -0.856. The Hall–Kier alpha value is -2.40. The summed E-state index contributed by atoms with van der Waals surface area (Å²) in [7, 11) is 0. The van der Waals surface area contributed by atoms with Crippen molar-refractivity contribution in [1.82, 2.24) is 0 Å². The van der Waals surface area contributed by atoms with Crippen LogP contribution < -0.4 is 5.32 Å². The molecule has 0 spiro atoms. The number of aryl methyl sites for hydroxylation is 2. The fourth-order valence-electron chi connectivity index (χ4n) is 2.88. The molecule has 5 nitrogen and oxygen atoms in total. The van der Waals surface area contributed by atoms with E-state index in [2.05, 4.69) is 5.32 Å². The summed E-state index contributed by atoms with van der Waals surface area (Å²) in [4.78, 5) is 24.3. The van der Waals surface area contributed by atoms with Crippen molar-refractivity contribution in [3.63, 3.8) is 0 Å². The van der Waals surface area contributed by atoms with Gasteiger partial charge in [0.2, 0.25) is 5.78 Å². The molecule has 1 atom stereocenters. The van der Waals surface area contributed by atoms with Crippen LogP contribution in [0.5, 0.6) is 0 Å². The van der Waals surface area contributed by atoms with Gasteiger partial charge in [-0.3, -0.25) is 9.59 Å². The number of Topliss-reactive ketones (excluding diaryl/α,β-unsaturated/α-hetero) is 1. The third-order valence-electron chi connectivity index (χ3n) is 3.73. The predicted molar refractivity (Wildman–Crippen MR) is 76.1 cm³/mol. The van der Waals surface area contributed by atoms with Gasteiger partial charge in [0, 0.05) is 11.3 Å². The minimum absolute atomic E-state index is 0.134. The maximum Gasteiger partial charge on any atom is 0.261 e. The van der Waals surface area contributed by atoms with Crippen molar-refractivity contribution in [1.29, 1.82) is 0 Å². The molecule has 0 fully saturated rings. The number of aliphatic hydroxyl groups is 1. The lowest BCUT2D eigenvalue weighted by Crippen LogP contribution is -2.37. The van der Waals surface area contributed by atoms with Crippen molar-refractivity contribution in [2.45, 2.75) is 25.9 Å². The van der Waals surface area contributed by atoms with E-state index >= 15 is 0 Å². The van der Waals surface area contributed by atoms with E-state index in [-0.39, 0.29) is 12.2 Å². The molecule has 5 heteroatoms. The maximum atomic E-state index is 12.2. The van der Waals surface area contributed by atoms with Crippen LogP contribution in [0.3, 0.4) is 0 Å². The standard InChI is InChI=1S/C16H15NO4/c1-9-6-10(2)14-11(7-9)17-15(19)16(14,20)8-12(18)13-4-3-5-21-13/h3-7,20H,8H2,1-2H3,(H,17,19). The molecular formula is C16H15NO4. The quantitative estimate of drug-likeness (QED) is 0.848. The molecule has 1 unspecified atom stereocenters. The first-order valence-electron chi connectivity index (χ1n) is 6.64. The summed E-state index contributed by atoms with van der Waals surface area (Å²) in [5, 5.41) is 13.4. The van der Waals surface area contributed by atoms with Gasteiger partial charge in [-0.05, 0) is 43.2 Å². The molecule has 0 bridgehead atoms. The van der Waals surface area contributed by atoms with Crippen LogP contribution in [0.15, 0.2) is 34.9 Å². The maximum absolute atomic E-state index is 12.2. The molecule has 1 aliphatic rings. The number of ketones is 1. The zero-order valence-corrected chi connectivity index (χ0v) is 11.8. The number of anilines is 1. The second-order valence-electron chi connectivity index (χ2n) is 5.40. The van der Waals surface area contributed by atoms with Crippen molar-refractivity contribution in [3.8, 4) is 0 Å². The lowest BCUT2D eigenvalue weighted by molar-refractivity contribution is -0.133. The third-order valence-corrected chi connectivity index (χ3v) is 3.73. The molecular weight excluding hydrogens is 270 g/mol. The zero-order chi connectivity index (χ0) is 15.2. The van der Waals surface area contributed by atoms with Crippen LogP contribution in [-0.4, -0.2) is 16.8 Å². The van der Waals surface area contributed by atoms with Crippen molar-refractivity contribution in [3.05, 3.63) is 53.0 Å². The number of rotatable bonds is 3. The molecule has 1 aromatic heterocycles. The minimum Gasteiger partial charge on any atom is -0.461 e. The fraction of sp³-hybridized carbons (Fsp3) is 0.250. The number of carbonyl (C=O) groups excluding carboxylic acids is 2. The van der Waals surface area contributed by atoms with E-state index < -0.39 is 17.3 Å². The summed E-state index contributed by atoms with van der Waals surface area (Å²) < 4.78 is 5.03. The summed E-state index contributed by atoms with van der Waals surface area (Å²) in [6, 6.07) is 6.77. The molecule has 0 aliphatic carbocycles. The van der Waals surface area contributed by atoms with Crippen LogP contribution in [0.25, 0.3) is 0 Å². The molecule has 2 N–H and O–H groups in total. The van der Waals surface area contributed by atoms with E-state index in [1.165, 1.54) is 12.3 Å². The number of hydrogen-bond acceptors (Lipinski definition) is 4. The van der Waals surface area contributed by atoms with Gasteiger partial charge in [0.15, 0.2) is 11.4 Å². The molecule has 0 saturated heterocycles. The summed E-state index contributed by atoms with van der Waals surface area (Å²) in [5.41, 5.74) is 0.938.